The maximum atomic E-state index is 14.1. The smallest absolute Gasteiger partial charge is 0.148 e. The first-order valence-corrected chi connectivity index (χ1v) is 11.7. The average molecular weight is 451 g/mol. The summed E-state index contributed by atoms with van der Waals surface area (Å²) in [7, 11) is 0. The van der Waals surface area contributed by atoms with Crippen molar-refractivity contribution >= 4 is 28.8 Å². The zero-order chi connectivity index (χ0) is 21.7. The second-order valence-electron chi connectivity index (χ2n) is 8.56. The number of benzene rings is 1. The van der Waals surface area contributed by atoms with E-state index in [0.717, 1.165) is 30.0 Å². The normalized spacial score (nSPS) is 17.2. The second-order valence-corrected chi connectivity index (χ2v) is 9.67. The zero-order valence-corrected chi connectivity index (χ0v) is 18.2. The zero-order valence-electron chi connectivity index (χ0n) is 17.4. The van der Waals surface area contributed by atoms with E-state index in [-0.39, 0.29) is 5.82 Å². The van der Waals surface area contributed by atoms with Gasteiger partial charge in [0.25, 0.3) is 0 Å². The van der Waals surface area contributed by atoms with Crippen molar-refractivity contribution in [3.8, 4) is 5.69 Å². The Morgan fingerprint density at radius 2 is 1.97 bits per heavy atom. The Morgan fingerprint density at radius 3 is 2.78 bits per heavy atom. The number of nitrogens with zero attached hydrogens (tertiary/aromatic N) is 7. The molecule has 4 aromatic rings. The molecule has 0 amide bonds. The van der Waals surface area contributed by atoms with Gasteiger partial charge in [-0.05, 0) is 36.5 Å². The summed E-state index contributed by atoms with van der Waals surface area (Å²) in [4.78, 5) is 8.73. The molecule has 0 spiro atoms. The predicted molar refractivity (Wildman–Crippen MR) is 122 cm³/mol. The number of nitrogen functional groups attached to an aromatic ring is 1. The van der Waals surface area contributed by atoms with E-state index in [0.29, 0.717) is 29.7 Å². The SMILES string of the molecule is Nc1ncnc2c1c(C1CN(SCC3CC3)C1)cn2Cc1cn(-c2ccccc2F)nn1. The van der Waals surface area contributed by atoms with Gasteiger partial charge in [0.15, 0.2) is 0 Å². The number of halogens is 1. The molecule has 1 aromatic carbocycles. The van der Waals surface area contributed by atoms with Crippen molar-refractivity contribution in [2.75, 3.05) is 24.6 Å². The lowest BCUT2D eigenvalue weighted by atomic mass is 9.94. The Bertz CT molecular complexity index is 1270. The summed E-state index contributed by atoms with van der Waals surface area (Å²) < 4.78 is 20.0. The fourth-order valence-electron chi connectivity index (χ4n) is 4.14. The molecule has 4 heterocycles. The molecule has 32 heavy (non-hydrogen) atoms. The predicted octanol–water partition coefficient (Wildman–Crippen LogP) is 3.24. The van der Waals surface area contributed by atoms with Crippen LogP contribution in [0.2, 0.25) is 0 Å². The molecule has 10 heteroatoms. The number of nitrogens with two attached hydrogens (primary N) is 1. The number of hydrogen-bond donors (Lipinski definition) is 1. The highest BCUT2D eigenvalue weighted by atomic mass is 32.2. The molecule has 0 bridgehead atoms. The summed E-state index contributed by atoms with van der Waals surface area (Å²) >= 11 is 1.97. The van der Waals surface area contributed by atoms with E-state index in [1.54, 1.807) is 24.4 Å². The quantitative estimate of drug-likeness (QED) is 0.432. The third kappa shape index (κ3) is 3.63. The molecule has 0 atom stereocenters. The van der Waals surface area contributed by atoms with Crippen LogP contribution in [-0.4, -0.2) is 52.7 Å². The van der Waals surface area contributed by atoms with E-state index in [2.05, 4.69) is 30.8 Å². The Labute approximate surface area is 188 Å². The molecule has 164 valence electrons. The molecule has 2 N–H and O–H groups in total. The van der Waals surface area contributed by atoms with Crippen LogP contribution in [-0.2, 0) is 6.54 Å². The van der Waals surface area contributed by atoms with Gasteiger partial charge in [-0.15, -0.1) is 5.10 Å². The number of rotatable bonds is 7. The number of hydrogen-bond acceptors (Lipinski definition) is 7. The van der Waals surface area contributed by atoms with Gasteiger partial charge in [0.05, 0.1) is 18.1 Å². The molecule has 3 aromatic heterocycles. The molecular formula is C22H23FN8S. The number of anilines is 1. The van der Waals surface area contributed by atoms with Crippen LogP contribution in [0.25, 0.3) is 16.7 Å². The average Bonchev–Trinajstić information content (AvgIpc) is 3.35. The van der Waals surface area contributed by atoms with Crippen LogP contribution in [0.1, 0.15) is 30.0 Å². The minimum absolute atomic E-state index is 0.341. The van der Waals surface area contributed by atoms with E-state index in [1.807, 2.05) is 16.5 Å². The van der Waals surface area contributed by atoms with Crippen molar-refractivity contribution in [2.45, 2.75) is 25.3 Å². The molecule has 8 nitrogen and oxygen atoms in total. The Kier molecular flexibility index (Phi) is 4.83. The molecule has 1 aliphatic carbocycles. The fourth-order valence-corrected chi connectivity index (χ4v) is 5.47. The van der Waals surface area contributed by atoms with Gasteiger partial charge in [-0.3, -0.25) is 0 Å². The highest BCUT2D eigenvalue weighted by Crippen LogP contribution is 2.40. The van der Waals surface area contributed by atoms with Crippen molar-refractivity contribution in [1.82, 2.24) is 33.8 Å². The highest BCUT2D eigenvalue weighted by molar-refractivity contribution is 7.97. The first kappa shape index (κ1) is 19.7. The van der Waals surface area contributed by atoms with Gasteiger partial charge in [0, 0.05) is 31.0 Å². The minimum Gasteiger partial charge on any atom is -0.383 e. The number of aromatic nitrogens is 6. The maximum Gasteiger partial charge on any atom is 0.148 e. The standard InChI is InChI=1S/C22H23FN8S/c23-18-3-1-2-4-19(18)31-10-16(27-28-31)9-29-11-17(20-21(24)25-13-26-22(20)29)15-7-30(8-15)32-12-14-5-6-14/h1-4,10-11,13-15H,5-9,12H2,(H2,24,25,26). The van der Waals surface area contributed by atoms with Gasteiger partial charge in [-0.2, -0.15) is 0 Å². The van der Waals surface area contributed by atoms with Crippen molar-refractivity contribution in [1.29, 1.82) is 0 Å². The molecular weight excluding hydrogens is 427 g/mol. The van der Waals surface area contributed by atoms with E-state index in [4.69, 9.17) is 5.73 Å². The van der Waals surface area contributed by atoms with E-state index in [1.165, 1.54) is 41.2 Å². The summed E-state index contributed by atoms with van der Waals surface area (Å²) in [6.07, 6.45) is 8.12. The highest BCUT2D eigenvalue weighted by Gasteiger charge is 2.33. The monoisotopic (exact) mass is 450 g/mol. The van der Waals surface area contributed by atoms with Gasteiger partial charge >= 0.3 is 0 Å². The van der Waals surface area contributed by atoms with Crippen LogP contribution in [0.4, 0.5) is 10.2 Å². The van der Waals surface area contributed by atoms with Crippen LogP contribution in [0.15, 0.2) is 43.0 Å². The Hall–Kier alpha value is -2.98. The lowest BCUT2D eigenvalue weighted by Gasteiger charge is -2.38. The molecule has 0 radical (unpaired) electrons. The molecule has 2 aliphatic rings. The van der Waals surface area contributed by atoms with Gasteiger partial charge in [0.2, 0.25) is 0 Å². The molecule has 1 saturated carbocycles. The third-order valence-electron chi connectivity index (χ3n) is 6.16. The number of fused-ring (bicyclic) bond motifs is 1. The van der Waals surface area contributed by atoms with Gasteiger partial charge in [-0.25, -0.2) is 23.3 Å². The molecule has 2 fully saturated rings. The maximum absolute atomic E-state index is 14.1. The van der Waals surface area contributed by atoms with Crippen LogP contribution in [0, 0.1) is 11.7 Å². The first-order valence-electron chi connectivity index (χ1n) is 10.8. The van der Waals surface area contributed by atoms with Crippen LogP contribution in [0.3, 0.4) is 0 Å². The Balaban J connectivity index is 1.25. The molecule has 1 saturated heterocycles. The summed E-state index contributed by atoms with van der Waals surface area (Å²) in [6, 6.07) is 6.51. The van der Waals surface area contributed by atoms with Gasteiger partial charge in [-0.1, -0.05) is 29.3 Å². The third-order valence-corrected chi connectivity index (χ3v) is 7.45. The van der Waals surface area contributed by atoms with Crippen molar-refractivity contribution in [3.05, 3.63) is 60.1 Å². The van der Waals surface area contributed by atoms with E-state index < -0.39 is 0 Å². The lowest BCUT2D eigenvalue weighted by molar-refractivity contribution is 0.291. The van der Waals surface area contributed by atoms with Crippen LogP contribution in [0.5, 0.6) is 0 Å². The van der Waals surface area contributed by atoms with Crippen LogP contribution < -0.4 is 5.73 Å². The minimum atomic E-state index is -0.341. The first-order chi connectivity index (χ1) is 15.7. The summed E-state index contributed by atoms with van der Waals surface area (Å²) in [6.45, 7) is 2.48. The largest absolute Gasteiger partial charge is 0.383 e. The summed E-state index contributed by atoms with van der Waals surface area (Å²) in [5, 5.41) is 9.27. The van der Waals surface area contributed by atoms with Crippen molar-refractivity contribution in [2.24, 2.45) is 5.92 Å². The van der Waals surface area contributed by atoms with Gasteiger partial charge in [0.1, 0.15) is 35.0 Å². The summed E-state index contributed by atoms with van der Waals surface area (Å²) in [5.74, 6) is 2.72. The van der Waals surface area contributed by atoms with Gasteiger partial charge < -0.3 is 10.3 Å². The van der Waals surface area contributed by atoms with Crippen molar-refractivity contribution in [3.63, 3.8) is 0 Å². The van der Waals surface area contributed by atoms with E-state index in [9.17, 15) is 4.39 Å². The Morgan fingerprint density at radius 1 is 1.12 bits per heavy atom. The van der Waals surface area contributed by atoms with Crippen molar-refractivity contribution < 1.29 is 4.39 Å². The second kappa shape index (κ2) is 7.86. The topological polar surface area (TPSA) is 90.7 Å². The molecule has 0 unspecified atom stereocenters. The lowest BCUT2D eigenvalue weighted by Crippen LogP contribution is -2.40. The molecule has 1 aliphatic heterocycles. The summed E-state index contributed by atoms with van der Waals surface area (Å²) in [5.41, 5.74) is 9.32. The number of para-hydroxylation sites is 1. The van der Waals surface area contributed by atoms with Crippen LogP contribution >= 0.6 is 11.9 Å². The molecule has 6 rings (SSSR count). The van der Waals surface area contributed by atoms with E-state index >= 15 is 0 Å². The fraction of sp³-hybridized carbons (Fsp3) is 0.364.